The molecule has 0 aliphatic rings. The number of aromatic hydroxyl groups is 1. The summed E-state index contributed by atoms with van der Waals surface area (Å²) in [5.74, 6) is 1.00. The van der Waals surface area contributed by atoms with Gasteiger partial charge in [-0.25, -0.2) is 9.97 Å². The van der Waals surface area contributed by atoms with E-state index < -0.39 is 0 Å². The molecule has 6 heteroatoms. The first-order valence-electron chi connectivity index (χ1n) is 7.15. The zero-order valence-electron chi connectivity index (χ0n) is 12.4. The highest BCUT2D eigenvalue weighted by Crippen LogP contribution is 2.35. The molecule has 112 valence electrons. The van der Waals surface area contributed by atoms with Crippen LogP contribution in [0.25, 0.3) is 33.5 Å². The minimum absolute atomic E-state index is 0.0146. The molecule has 2 N–H and O–H groups in total. The predicted molar refractivity (Wildman–Crippen MR) is 86.8 cm³/mol. The highest BCUT2D eigenvalue weighted by molar-refractivity contribution is 5.98. The van der Waals surface area contributed by atoms with Gasteiger partial charge >= 0.3 is 0 Å². The average molecular weight is 303 g/mol. The van der Waals surface area contributed by atoms with Gasteiger partial charge in [0.1, 0.15) is 11.3 Å². The molecule has 3 heterocycles. The zero-order chi connectivity index (χ0) is 15.8. The van der Waals surface area contributed by atoms with Crippen molar-refractivity contribution in [2.24, 2.45) is 0 Å². The maximum absolute atomic E-state index is 10.6. The van der Waals surface area contributed by atoms with E-state index in [0.717, 1.165) is 16.5 Å². The third-order valence-corrected chi connectivity index (χ3v) is 3.66. The minimum atomic E-state index is -0.0146. The summed E-state index contributed by atoms with van der Waals surface area (Å²) < 4.78 is 0. The van der Waals surface area contributed by atoms with E-state index in [4.69, 9.17) is 0 Å². The summed E-state index contributed by atoms with van der Waals surface area (Å²) in [6.45, 7) is 1.79. The number of aromatic amines is 1. The van der Waals surface area contributed by atoms with Crippen molar-refractivity contribution in [3.05, 3.63) is 54.6 Å². The fourth-order valence-corrected chi connectivity index (χ4v) is 2.58. The van der Waals surface area contributed by atoms with Crippen molar-refractivity contribution in [1.29, 1.82) is 0 Å². The van der Waals surface area contributed by atoms with E-state index in [2.05, 4.69) is 25.1 Å². The molecule has 0 aliphatic heterocycles. The molecule has 0 unspecified atom stereocenters. The summed E-state index contributed by atoms with van der Waals surface area (Å²) in [5.41, 5.74) is 2.82. The van der Waals surface area contributed by atoms with E-state index in [0.29, 0.717) is 22.9 Å². The molecule has 6 nitrogen and oxygen atoms in total. The van der Waals surface area contributed by atoms with Crippen molar-refractivity contribution in [2.45, 2.75) is 6.92 Å². The number of hydrogen-bond acceptors (Lipinski definition) is 5. The number of benzene rings is 1. The Morgan fingerprint density at radius 3 is 2.61 bits per heavy atom. The van der Waals surface area contributed by atoms with Crippen molar-refractivity contribution in [2.75, 3.05) is 0 Å². The van der Waals surface area contributed by atoms with Gasteiger partial charge in [0.05, 0.1) is 0 Å². The van der Waals surface area contributed by atoms with Crippen LogP contribution in [0.15, 0.2) is 48.8 Å². The highest BCUT2D eigenvalue weighted by Gasteiger charge is 2.16. The molecule has 0 amide bonds. The van der Waals surface area contributed by atoms with Crippen LogP contribution in [0, 0.1) is 6.92 Å². The van der Waals surface area contributed by atoms with Crippen LogP contribution in [0.2, 0.25) is 0 Å². The third-order valence-electron chi connectivity index (χ3n) is 3.66. The molecule has 0 saturated carbocycles. The Hall–Kier alpha value is -3.28. The molecule has 0 fully saturated rings. The molecule has 4 aromatic rings. The Bertz CT molecular complexity index is 994. The van der Waals surface area contributed by atoms with Gasteiger partial charge in [0, 0.05) is 17.8 Å². The Kier molecular flexibility index (Phi) is 3.01. The van der Waals surface area contributed by atoms with Crippen LogP contribution in [-0.4, -0.2) is 30.3 Å². The lowest BCUT2D eigenvalue weighted by atomic mass is 10.0. The van der Waals surface area contributed by atoms with Crippen LogP contribution in [0.5, 0.6) is 5.75 Å². The Balaban J connectivity index is 1.96. The number of aryl methyl sites for hydroxylation is 1. The van der Waals surface area contributed by atoms with E-state index in [1.54, 1.807) is 19.3 Å². The van der Waals surface area contributed by atoms with E-state index in [1.165, 1.54) is 0 Å². The van der Waals surface area contributed by atoms with Crippen LogP contribution in [-0.2, 0) is 0 Å². The highest BCUT2D eigenvalue weighted by atomic mass is 16.3. The van der Waals surface area contributed by atoms with Crippen LogP contribution in [0.1, 0.15) is 5.82 Å². The predicted octanol–water partition coefficient (Wildman–Crippen LogP) is 3.10. The van der Waals surface area contributed by atoms with Crippen LogP contribution < -0.4 is 0 Å². The molecule has 0 saturated heterocycles. The molecular formula is C17H13N5O. The van der Waals surface area contributed by atoms with Crippen molar-refractivity contribution >= 4 is 10.9 Å². The molecule has 0 aliphatic carbocycles. The number of hydrogen-bond donors (Lipinski definition) is 2. The lowest BCUT2D eigenvalue weighted by molar-refractivity contribution is 0.479. The van der Waals surface area contributed by atoms with Crippen LogP contribution in [0.4, 0.5) is 0 Å². The van der Waals surface area contributed by atoms with Crippen molar-refractivity contribution in [3.63, 3.8) is 0 Å². The topological polar surface area (TPSA) is 87.6 Å². The normalized spacial score (nSPS) is 11.0. The number of nitrogens with zero attached hydrogens (tertiary/aromatic N) is 4. The first kappa shape index (κ1) is 13.4. The minimum Gasteiger partial charge on any atom is -0.504 e. The van der Waals surface area contributed by atoms with Gasteiger partial charge in [-0.3, -0.25) is 10.1 Å². The van der Waals surface area contributed by atoms with Gasteiger partial charge in [0.25, 0.3) is 0 Å². The number of fused-ring (bicyclic) bond motifs is 1. The second-order valence-corrected chi connectivity index (χ2v) is 5.19. The molecule has 0 spiro atoms. The zero-order valence-corrected chi connectivity index (χ0v) is 12.4. The molecule has 1 aromatic carbocycles. The molecule has 0 radical (unpaired) electrons. The maximum atomic E-state index is 10.6. The Morgan fingerprint density at radius 2 is 1.87 bits per heavy atom. The van der Waals surface area contributed by atoms with Crippen LogP contribution >= 0.6 is 0 Å². The summed E-state index contributed by atoms with van der Waals surface area (Å²) in [7, 11) is 0. The quantitative estimate of drug-likeness (QED) is 0.594. The molecule has 0 bridgehead atoms. The lowest BCUT2D eigenvalue weighted by Crippen LogP contribution is -1.92. The first-order chi connectivity index (χ1) is 11.2. The van der Waals surface area contributed by atoms with Crippen LogP contribution in [0.3, 0.4) is 0 Å². The fourth-order valence-electron chi connectivity index (χ4n) is 2.58. The molecule has 0 atom stereocenters. The average Bonchev–Trinajstić information content (AvgIpc) is 3.02. The number of pyridine rings is 2. The van der Waals surface area contributed by atoms with Gasteiger partial charge < -0.3 is 5.11 Å². The van der Waals surface area contributed by atoms with Gasteiger partial charge in [-0.1, -0.05) is 30.3 Å². The smallest absolute Gasteiger partial charge is 0.203 e. The van der Waals surface area contributed by atoms with Gasteiger partial charge in [-0.2, -0.15) is 5.10 Å². The third kappa shape index (κ3) is 2.20. The maximum Gasteiger partial charge on any atom is 0.203 e. The van der Waals surface area contributed by atoms with E-state index in [1.807, 2.05) is 36.4 Å². The lowest BCUT2D eigenvalue weighted by Gasteiger charge is -2.08. The van der Waals surface area contributed by atoms with Crippen molar-refractivity contribution in [3.8, 4) is 28.4 Å². The number of H-pyrrole nitrogens is 1. The van der Waals surface area contributed by atoms with Crippen molar-refractivity contribution in [1.82, 2.24) is 25.1 Å². The Labute approximate surface area is 131 Å². The summed E-state index contributed by atoms with van der Waals surface area (Å²) in [4.78, 5) is 12.9. The second kappa shape index (κ2) is 5.17. The summed E-state index contributed by atoms with van der Waals surface area (Å²) in [5, 5.41) is 18.1. The molecule has 23 heavy (non-hydrogen) atoms. The monoisotopic (exact) mass is 303 g/mol. The SMILES string of the molecule is Cc1nc(-c2ncc3c(-c4ccccc4)ccnc3c2O)n[nH]1. The van der Waals surface area contributed by atoms with Gasteiger partial charge in [-0.15, -0.1) is 0 Å². The van der Waals surface area contributed by atoms with Gasteiger partial charge in [0.15, 0.2) is 11.4 Å². The van der Waals surface area contributed by atoms with E-state index in [-0.39, 0.29) is 5.75 Å². The number of nitrogens with one attached hydrogen (secondary N) is 1. The summed E-state index contributed by atoms with van der Waals surface area (Å²) in [6, 6.07) is 11.8. The molecular weight excluding hydrogens is 290 g/mol. The van der Waals surface area contributed by atoms with E-state index in [9.17, 15) is 5.11 Å². The molecule has 4 rings (SSSR count). The van der Waals surface area contributed by atoms with E-state index >= 15 is 0 Å². The number of aromatic nitrogens is 5. The Morgan fingerprint density at radius 1 is 1.04 bits per heavy atom. The fraction of sp³-hybridized carbons (Fsp3) is 0.0588. The standard InChI is InChI=1S/C17H13N5O/c1-10-20-17(22-21-10)15-16(23)14-13(9-19-15)12(7-8-18-14)11-5-3-2-4-6-11/h2-9,23H,1H3,(H,20,21,22). The first-order valence-corrected chi connectivity index (χ1v) is 7.15. The van der Waals surface area contributed by atoms with Gasteiger partial charge in [-0.05, 0) is 24.1 Å². The summed E-state index contributed by atoms with van der Waals surface area (Å²) in [6.07, 6.45) is 3.38. The summed E-state index contributed by atoms with van der Waals surface area (Å²) >= 11 is 0. The molecule has 3 aromatic heterocycles. The second-order valence-electron chi connectivity index (χ2n) is 5.19. The number of rotatable bonds is 2. The largest absolute Gasteiger partial charge is 0.504 e. The van der Waals surface area contributed by atoms with Gasteiger partial charge in [0.2, 0.25) is 5.82 Å². The van der Waals surface area contributed by atoms with Crippen molar-refractivity contribution < 1.29 is 5.11 Å².